The monoisotopic (exact) mass is 578 g/mol. The number of nitrogens with one attached hydrogen (secondary N) is 1. The van der Waals surface area contributed by atoms with Crippen molar-refractivity contribution in [3.05, 3.63) is 96.4 Å². The number of hydrogen-bond acceptors (Lipinski definition) is 3. The molecule has 31 heavy (non-hydrogen) atoms. The molecule has 1 amide bonds. The first-order chi connectivity index (χ1) is 14.9. The van der Waals surface area contributed by atoms with Gasteiger partial charge in [-0.2, -0.15) is 5.26 Å². The van der Waals surface area contributed by atoms with Crippen LogP contribution < -0.4 is 10.1 Å². The highest BCUT2D eigenvalue weighted by Gasteiger charge is 2.14. The number of amides is 1. The van der Waals surface area contributed by atoms with Crippen molar-refractivity contribution in [2.75, 3.05) is 5.32 Å². The molecule has 3 aromatic carbocycles. The number of benzene rings is 3. The molecule has 3 rings (SSSR count). The molecule has 1 N–H and O–H groups in total. The Labute approximate surface area is 206 Å². The molecular weight excluding hydrogens is 567 g/mol. The summed E-state index contributed by atoms with van der Waals surface area (Å²) in [6, 6.07) is 19.9. The molecule has 0 unspecified atom stereocenters. The van der Waals surface area contributed by atoms with E-state index in [-0.39, 0.29) is 10.6 Å². The minimum absolute atomic E-state index is 0.109. The quantitative estimate of drug-likeness (QED) is 0.241. The van der Waals surface area contributed by atoms with Crippen molar-refractivity contribution in [2.24, 2.45) is 0 Å². The zero-order valence-electron chi connectivity index (χ0n) is 15.8. The standard InChI is InChI=1S/C23H14Br2Cl2N2O2/c24-17-6-4-14(5-7-17)13-31-21-9-8-18(25)11-15(21)10-16(12-28)23(30)29-20-3-1-2-19(26)22(20)27/h1-11H,13H2,(H,29,30)/b16-10-. The second kappa shape index (κ2) is 10.8. The van der Waals surface area contributed by atoms with E-state index >= 15 is 0 Å². The van der Waals surface area contributed by atoms with Gasteiger partial charge in [0.25, 0.3) is 5.91 Å². The van der Waals surface area contributed by atoms with Crippen LogP contribution in [0.2, 0.25) is 10.0 Å². The molecule has 4 nitrogen and oxygen atoms in total. The molecule has 0 aliphatic carbocycles. The Morgan fingerprint density at radius 2 is 1.77 bits per heavy atom. The van der Waals surface area contributed by atoms with E-state index in [2.05, 4.69) is 37.2 Å². The number of rotatable bonds is 6. The van der Waals surface area contributed by atoms with Crippen LogP contribution in [0.3, 0.4) is 0 Å². The van der Waals surface area contributed by atoms with E-state index in [1.807, 2.05) is 36.4 Å². The zero-order chi connectivity index (χ0) is 22.4. The third kappa shape index (κ3) is 6.34. The first-order valence-corrected chi connectivity index (χ1v) is 11.3. The summed E-state index contributed by atoms with van der Waals surface area (Å²) in [7, 11) is 0. The van der Waals surface area contributed by atoms with Gasteiger partial charge >= 0.3 is 0 Å². The number of ether oxygens (including phenoxy) is 1. The summed E-state index contributed by atoms with van der Waals surface area (Å²) in [5.74, 6) is -0.0713. The topological polar surface area (TPSA) is 62.1 Å². The Bertz CT molecular complexity index is 1190. The molecule has 0 aliphatic rings. The maximum atomic E-state index is 12.7. The van der Waals surface area contributed by atoms with E-state index in [9.17, 15) is 10.1 Å². The smallest absolute Gasteiger partial charge is 0.266 e. The van der Waals surface area contributed by atoms with E-state index in [1.54, 1.807) is 30.3 Å². The van der Waals surface area contributed by atoms with Crippen LogP contribution in [0, 0.1) is 11.3 Å². The second-order valence-corrected chi connectivity index (χ2v) is 8.94. The molecule has 0 atom stereocenters. The maximum absolute atomic E-state index is 12.7. The lowest BCUT2D eigenvalue weighted by Gasteiger charge is -2.11. The minimum atomic E-state index is -0.606. The van der Waals surface area contributed by atoms with Gasteiger partial charge in [-0.1, -0.05) is 73.3 Å². The van der Waals surface area contributed by atoms with Crippen molar-refractivity contribution in [3.63, 3.8) is 0 Å². The molecule has 0 aromatic heterocycles. The predicted octanol–water partition coefficient (Wildman–Crippen LogP) is 7.64. The van der Waals surface area contributed by atoms with Gasteiger partial charge in [0, 0.05) is 14.5 Å². The minimum Gasteiger partial charge on any atom is -0.488 e. The summed E-state index contributed by atoms with van der Waals surface area (Å²) in [5.41, 5.74) is 1.77. The molecule has 0 spiro atoms. The van der Waals surface area contributed by atoms with E-state index < -0.39 is 5.91 Å². The number of nitrogens with zero attached hydrogens (tertiary/aromatic N) is 1. The van der Waals surface area contributed by atoms with Crippen molar-refractivity contribution in [1.29, 1.82) is 5.26 Å². The van der Waals surface area contributed by atoms with Gasteiger partial charge in [-0.3, -0.25) is 4.79 Å². The van der Waals surface area contributed by atoms with E-state index in [0.29, 0.717) is 28.6 Å². The Balaban J connectivity index is 1.84. The van der Waals surface area contributed by atoms with Gasteiger partial charge < -0.3 is 10.1 Å². The molecule has 0 saturated carbocycles. The van der Waals surface area contributed by atoms with Gasteiger partial charge in [0.2, 0.25) is 0 Å². The van der Waals surface area contributed by atoms with E-state index in [4.69, 9.17) is 27.9 Å². The molecule has 0 heterocycles. The van der Waals surface area contributed by atoms with Crippen molar-refractivity contribution >= 4 is 72.7 Å². The third-order valence-corrected chi connectivity index (χ3v) is 5.98. The molecule has 0 fully saturated rings. The molecule has 0 radical (unpaired) electrons. The lowest BCUT2D eigenvalue weighted by atomic mass is 10.1. The van der Waals surface area contributed by atoms with E-state index in [1.165, 1.54) is 6.08 Å². The van der Waals surface area contributed by atoms with Crippen molar-refractivity contribution in [1.82, 2.24) is 0 Å². The SMILES string of the molecule is N#C/C(=C/c1cc(Br)ccc1OCc1ccc(Br)cc1)C(=O)Nc1cccc(Cl)c1Cl. The lowest BCUT2D eigenvalue weighted by molar-refractivity contribution is -0.112. The first-order valence-electron chi connectivity index (χ1n) is 8.91. The number of carbonyl (C=O) groups excluding carboxylic acids is 1. The average Bonchev–Trinajstić information content (AvgIpc) is 2.75. The molecule has 0 saturated heterocycles. The molecular formula is C23H14Br2Cl2N2O2. The largest absolute Gasteiger partial charge is 0.488 e. The van der Waals surface area contributed by atoms with Crippen molar-refractivity contribution in [3.8, 4) is 11.8 Å². The fourth-order valence-corrected chi connectivity index (χ4v) is 3.59. The van der Waals surface area contributed by atoms with Crippen LogP contribution >= 0.6 is 55.1 Å². The van der Waals surface area contributed by atoms with Crippen LogP contribution in [-0.4, -0.2) is 5.91 Å². The molecule has 0 aliphatic heterocycles. The lowest BCUT2D eigenvalue weighted by Crippen LogP contribution is -2.14. The maximum Gasteiger partial charge on any atom is 0.266 e. The van der Waals surface area contributed by atoms with Crippen LogP contribution in [0.25, 0.3) is 6.08 Å². The summed E-state index contributed by atoms with van der Waals surface area (Å²) in [6.07, 6.45) is 1.47. The molecule has 0 bridgehead atoms. The Hall–Kier alpha value is -2.30. The van der Waals surface area contributed by atoms with Crippen LogP contribution in [0.4, 0.5) is 5.69 Å². The van der Waals surface area contributed by atoms with Crippen LogP contribution in [-0.2, 0) is 11.4 Å². The van der Waals surface area contributed by atoms with Crippen LogP contribution in [0.15, 0.2) is 75.2 Å². The summed E-state index contributed by atoms with van der Waals surface area (Å²) in [5, 5.41) is 12.7. The van der Waals surface area contributed by atoms with Crippen molar-refractivity contribution < 1.29 is 9.53 Å². The first kappa shape index (κ1) is 23.4. The summed E-state index contributed by atoms with van der Waals surface area (Å²) in [6.45, 7) is 0.335. The number of halogens is 4. The summed E-state index contributed by atoms with van der Waals surface area (Å²) in [4.78, 5) is 12.7. The highest BCUT2D eigenvalue weighted by atomic mass is 79.9. The number of anilines is 1. The van der Waals surface area contributed by atoms with Gasteiger partial charge in [-0.15, -0.1) is 0 Å². The Kier molecular flexibility index (Phi) is 8.16. The summed E-state index contributed by atoms with van der Waals surface area (Å²) < 4.78 is 7.70. The fraction of sp³-hybridized carbons (Fsp3) is 0.0435. The summed E-state index contributed by atoms with van der Waals surface area (Å²) >= 11 is 18.9. The van der Waals surface area contributed by atoms with Crippen LogP contribution in [0.5, 0.6) is 5.75 Å². The van der Waals surface area contributed by atoms with Gasteiger partial charge in [0.05, 0.1) is 15.7 Å². The molecule has 156 valence electrons. The molecule has 3 aromatic rings. The van der Waals surface area contributed by atoms with Gasteiger partial charge in [-0.05, 0) is 54.1 Å². The Morgan fingerprint density at radius 1 is 1.06 bits per heavy atom. The van der Waals surface area contributed by atoms with E-state index in [0.717, 1.165) is 14.5 Å². The third-order valence-electron chi connectivity index (χ3n) is 4.14. The number of carbonyl (C=O) groups is 1. The normalized spacial score (nSPS) is 11.0. The fourth-order valence-electron chi connectivity index (χ4n) is 2.60. The van der Waals surface area contributed by atoms with Gasteiger partial charge in [0.15, 0.2) is 0 Å². The van der Waals surface area contributed by atoms with Gasteiger partial charge in [0.1, 0.15) is 24.0 Å². The highest BCUT2D eigenvalue weighted by molar-refractivity contribution is 9.10. The zero-order valence-corrected chi connectivity index (χ0v) is 20.5. The number of nitriles is 1. The number of hydrogen-bond donors (Lipinski definition) is 1. The highest BCUT2D eigenvalue weighted by Crippen LogP contribution is 2.30. The van der Waals surface area contributed by atoms with Crippen LogP contribution in [0.1, 0.15) is 11.1 Å². The second-order valence-electron chi connectivity index (χ2n) is 6.32. The van der Waals surface area contributed by atoms with Gasteiger partial charge in [-0.25, -0.2) is 0 Å². The molecule has 8 heteroatoms. The average molecular weight is 581 g/mol. The predicted molar refractivity (Wildman–Crippen MR) is 131 cm³/mol. The van der Waals surface area contributed by atoms with Crippen molar-refractivity contribution in [2.45, 2.75) is 6.61 Å². The Morgan fingerprint density at radius 3 is 2.48 bits per heavy atom.